The summed E-state index contributed by atoms with van der Waals surface area (Å²) in [6, 6.07) is 4.16. The number of carbonyl (C=O) groups excluding carboxylic acids is 1. The highest BCUT2D eigenvalue weighted by atomic mass is 16.4. The molecule has 7 heteroatoms. The molecule has 0 fully saturated rings. The van der Waals surface area contributed by atoms with Gasteiger partial charge < -0.3 is 14.8 Å². The molecule has 2 heterocycles. The Labute approximate surface area is 127 Å². The van der Waals surface area contributed by atoms with Gasteiger partial charge in [0.25, 0.3) is 5.91 Å². The van der Waals surface area contributed by atoms with Crippen LogP contribution in [0.25, 0.3) is 11.5 Å². The molecule has 3 N–H and O–H groups in total. The average Bonchev–Trinajstić information content (AvgIpc) is 3.11. The molecule has 118 valence electrons. The molecule has 1 amide bonds. The predicted octanol–water partition coefficient (Wildman–Crippen LogP) is 2.21. The van der Waals surface area contributed by atoms with Gasteiger partial charge in [0.2, 0.25) is 0 Å². The summed E-state index contributed by atoms with van der Waals surface area (Å²) < 4.78 is 5.44. The number of nitrogens with one attached hydrogen (secondary N) is 2. The molecule has 2 rings (SSSR count). The van der Waals surface area contributed by atoms with Gasteiger partial charge in [-0.2, -0.15) is 5.10 Å². The van der Waals surface area contributed by atoms with E-state index in [-0.39, 0.29) is 11.6 Å². The van der Waals surface area contributed by atoms with Crippen LogP contribution in [0.1, 0.15) is 36.5 Å². The van der Waals surface area contributed by atoms with Gasteiger partial charge in [0.05, 0.1) is 0 Å². The fourth-order valence-corrected chi connectivity index (χ4v) is 2.04. The van der Waals surface area contributed by atoms with Crippen molar-refractivity contribution in [1.82, 2.24) is 15.5 Å². The number of carbonyl (C=O) groups is 2. The molecule has 0 aromatic carbocycles. The number of carboxylic acids is 1. The van der Waals surface area contributed by atoms with Crippen molar-refractivity contribution in [2.75, 3.05) is 0 Å². The van der Waals surface area contributed by atoms with Crippen LogP contribution in [-0.2, 0) is 4.79 Å². The third kappa shape index (κ3) is 3.36. The molecule has 0 aliphatic carbocycles. The van der Waals surface area contributed by atoms with Crippen LogP contribution in [-0.4, -0.2) is 33.2 Å². The first-order valence-corrected chi connectivity index (χ1v) is 7.08. The second kappa shape index (κ2) is 6.46. The van der Waals surface area contributed by atoms with Gasteiger partial charge in [0.1, 0.15) is 17.5 Å². The summed E-state index contributed by atoms with van der Waals surface area (Å²) in [6.45, 7) is 5.47. The molecule has 2 unspecified atom stereocenters. The highest BCUT2D eigenvalue weighted by molar-refractivity contribution is 5.95. The van der Waals surface area contributed by atoms with Crippen molar-refractivity contribution in [2.45, 2.75) is 33.2 Å². The van der Waals surface area contributed by atoms with Crippen LogP contribution in [0, 0.1) is 12.8 Å². The molecule has 0 radical (unpaired) electrons. The van der Waals surface area contributed by atoms with Gasteiger partial charge in [-0.1, -0.05) is 20.3 Å². The van der Waals surface area contributed by atoms with E-state index in [1.54, 1.807) is 19.1 Å². The number of H-pyrrole nitrogens is 1. The Morgan fingerprint density at radius 2 is 2.18 bits per heavy atom. The zero-order valence-electron chi connectivity index (χ0n) is 12.7. The Kier molecular flexibility index (Phi) is 4.65. The number of aliphatic carboxylic acids is 1. The van der Waals surface area contributed by atoms with Crippen molar-refractivity contribution in [3.05, 3.63) is 29.7 Å². The van der Waals surface area contributed by atoms with Crippen molar-refractivity contribution < 1.29 is 19.1 Å². The lowest BCUT2D eigenvalue weighted by Gasteiger charge is -2.19. The Bertz CT molecular complexity index is 674. The van der Waals surface area contributed by atoms with Crippen molar-refractivity contribution in [2.24, 2.45) is 5.92 Å². The van der Waals surface area contributed by atoms with Crippen LogP contribution in [0.15, 0.2) is 22.6 Å². The summed E-state index contributed by atoms with van der Waals surface area (Å²) in [7, 11) is 0. The number of hydrogen-bond donors (Lipinski definition) is 3. The van der Waals surface area contributed by atoms with E-state index in [0.29, 0.717) is 17.9 Å². The summed E-state index contributed by atoms with van der Waals surface area (Å²) in [5.74, 6) is -0.440. The monoisotopic (exact) mass is 305 g/mol. The van der Waals surface area contributed by atoms with Crippen LogP contribution in [0.2, 0.25) is 0 Å². The standard InChI is InChI=1S/C15H19N3O4/c1-4-8(2)13(15(20)21)16-14(19)11-7-10(17-18-11)12-6-5-9(3)22-12/h5-8,13H,4H2,1-3H3,(H,16,19)(H,17,18)(H,20,21). The Balaban J connectivity index is 2.13. The number of furan rings is 1. The quantitative estimate of drug-likeness (QED) is 0.758. The first-order chi connectivity index (χ1) is 10.4. The van der Waals surface area contributed by atoms with Crippen LogP contribution in [0.3, 0.4) is 0 Å². The van der Waals surface area contributed by atoms with Gasteiger partial charge in [0, 0.05) is 6.07 Å². The number of aromatic nitrogens is 2. The summed E-state index contributed by atoms with van der Waals surface area (Å²) in [4.78, 5) is 23.4. The van der Waals surface area contributed by atoms with Gasteiger partial charge in [0.15, 0.2) is 11.5 Å². The van der Waals surface area contributed by atoms with Crippen LogP contribution < -0.4 is 5.32 Å². The van der Waals surface area contributed by atoms with Crippen molar-refractivity contribution in [3.8, 4) is 11.5 Å². The third-order valence-electron chi connectivity index (χ3n) is 3.58. The zero-order chi connectivity index (χ0) is 16.3. The molecule has 22 heavy (non-hydrogen) atoms. The molecular formula is C15H19N3O4. The maximum Gasteiger partial charge on any atom is 0.326 e. The molecule has 2 aromatic rings. The molecule has 7 nitrogen and oxygen atoms in total. The van der Waals surface area contributed by atoms with Gasteiger partial charge >= 0.3 is 5.97 Å². The maximum atomic E-state index is 12.1. The van der Waals surface area contributed by atoms with Crippen molar-refractivity contribution >= 4 is 11.9 Å². The molecule has 2 atom stereocenters. The third-order valence-corrected chi connectivity index (χ3v) is 3.58. The molecular weight excluding hydrogens is 286 g/mol. The van der Waals surface area contributed by atoms with Crippen LogP contribution in [0.5, 0.6) is 0 Å². The summed E-state index contributed by atoms with van der Waals surface area (Å²) in [5.41, 5.74) is 0.687. The summed E-state index contributed by atoms with van der Waals surface area (Å²) in [5, 5.41) is 18.3. The molecule has 0 saturated carbocycles. The zero-order valence-corrected chi connectivity index (χ0v) is 12.7. The number of aromatic amines is 1. The van der Waals surface area contributed by atoms with Crippen molar-refractivity contribution in [3.63, 3.8) is 0 Å². The first-order valence-electron chi connectivity index (χ1n) is 7.08. The first kappa shape index (κ1) is 15.8. The maximum absolute atomic E-state index is 12.1. The Hall–Kier alpha value is -2.57. The Morgan fingerprint density at radius 3 is 2.73 bits per heavy atom. The summed E-state index contributed by atoms with van der Waals surface area (Å²) in [6.07, 6.45) is 0.648. The number of carboxylic acid groups (broad SMARTS) is 1. The van der Waals surface area contributed by atoms with E-state index in [1.165, 1.54) is 6.07 Å². The minimum atomic E-state index is -1.06. The molecule has 0 saturated heterocycles. The highest BCUT2D eigenvalue weighted by Gasteiger charge is 2.26. The number of amides is 1. The van der Waals surface area contributed by atoms with Gasteiger partial charge in [-0.05, 0) is 25.0 Å². The minimum Gasteiger partial charge on any atom is -0.480 e. The minimum absolute atomic E-state index is 0.124. The summed E-state index contributed by atoms with van der Waals surface area (Å²) >= 11 is 0. The van der Waals surface area contributed by atoms with Crippen LogP contribution in [0.4, 0.5) is 0 Å². The van der Waals surface area contributed by atoms with Crippen molar-refractivity contribution in [1.29, 1.82) is 0 Å². The van der Waals surface area contributed by atoms with E-state index in [2.05, 4.69) is 15.5 Å². The second-order valence-electron chi connectivity index (χ2n) is 5.25. The second-order valence-corrected chi connectivity index (χ2v) is 5.25. The molecule has 0 bridgehead atoms. The van der Waals surface area contributed by atoms with E-state index >= 15 is 0 Å². The fraction of sp³-hybridized carbons (Fsp3) is 0.400. The predicted molar refractivity (Wildman–Crippen MR) is 79.4 cm³/mol. The SMILES string of the molecule is CCC(C)C(NC(=O)c1cc(-c2ccc(C)o2)[nH]n1)C(=O)O. The van der Waals surface area contributed by atoms with Crippen LogP contribution >= 0.6 is 0 Å². The van der Waals surface area contributed by atoms with Gasteiger partial charge in [-0.3, -0.25) is 9.89 Å². The van der Waals surface area contributed by atoms with E-state index in [9.17, 15) is 14.7 Å². The lowest BCUT2D eigenvalue weighted by Crippen LogP contribution is -2.45. The normalized spacial score (nSPS) is 13.6. The number of hydrogen-bond acceptors (Lipinski definition) is 4. The Morgan fingerprint density at radius 1 is 1.45 bits per heavy atom. The van der Waals surface area contributed by atoms with E-state index in [4.69, 9.17) is 4.42 Å². The highest BCUT2D eigenvalue weighted by Crippen LogP contribution is 2.20. The molecule has 0 aliphatic heterocycles. The van der Waals surface area contributed by atoms with E-state index in [0.717, 1.165) is 5.76 Å². The fourth-order valence-electron chi connectivity index (χ4n) is 2.04. The largest absolute Gasteiger partial charge is 0.480 e. The number of nitrogens with zero attached hydrogens (tertiary/aromatic N) is 1. The average molecular weight is 305 g/mol. The number of aryl methyl sites for hydroxylation is 1. The number of rotatable bonds is 6. The van der Waals surface area contributed by atoms with E-state index < -0.39 is 17.9 Å². The smallest absolute Gasteiger partial charge is 0.326 e. The van der Waals surface area contributed by atoms with Gasteiger partial charge in [-0.25, -0.2) is 4.79 Å². The molecule has 2 aromatic heterocycles. The topological polar surface area (TPSA) is 108 Å². The lowest BCUT2D eigenvalue weighted by molar-refractivity contribution is -0.140. The lowest BCUT2D eigenvalue weighted by atomic mass is 9.99. The molecule has 0 spiro atoms. The molecule has 0 aliphatic rings. The van der Waals surface area contributed by atoms with Gasteiger partial charge in [-0.15, -0.1) is 0 Å². The van der Waals surface area contributed by atoms with E-state index in [1.807, 2.05) is 13.8 Å².